The molecule has 0 radical (unpaired) electrons. The largest absolute Gasteiger partial charge is 0.378 e. The van der Waals surface area contributed by atoms with Gasteiger partial charge in [0.1, 0.15) is 6.07 Å². The lowest BCUT2D eigenvalue weighted by molar-refractivity contribution is -0.114. The standard InChI is InChI=1S/C15H20N4O/c1-2-20-13-9-12(15(13)5-3-4-6-15)19-14-11(10-16)17-7-8-18-14/h7-8,12-13H,2-6,9H2,1H3,(H,18,19)/t12-,13-/m0/s1. The number of nitrogens with zero attached hydrogens (tertiary/aromatic N) is 3. The zero-order valence-corrected chi connectivity index (χ0v) is 11.8. The van der Waals surface area contributed by atoms with Crippen molar-refractivity contribution < 1.29 is 4.74 Å². The molecule has 3 rings (SSSR count). The van der Waals surface area contributed by atoms with Crippen LogP contribution < -0.4 is 5.32 Å². The number of aromatic nitrogens is 2. The Morgan fingerprint density at radius 1 is 1.40 bits per heavy atom. The predicted octanol–water partition coefficient (Wildman–Crippen LogP) is 2.50. The van der Waals surface area contributed by atoms with Crippen LogP contribution in [0.2, 0.25) is 0 Å². The lowest BCUT2D eigenvalue weighted by Gasteiger charge is -2.54. The normalized spacial score (nSPS) is 27.0. The quantitative estimate of drug-likeness (QED) is 0.911. The Morgan fingerprint density at radius 3 is 2.85 bits per heavy atom. The molecule has 1 heterocycles. The molecule has 1 N–H and O–H groups in total. The molecule has 0 aliphatic heterocycles. The molecule has 1 aromatic heterocycles. The lowest BCUT2D eigenvalue weighted by atomic mass is 9.60. The number of ether oxygens (including phenoxy) is 1. The maximum absolute atomic E-state index is 9.10. The Balaban J connectivity index is 1.77. The van der Waals surface area contributed by atoms with Gasteiger partial charge in [-0.25, -0.2) is 9.97 Å². The average Bonchev–Trinajstić information content (AvgIpc) is 2.99. The van der Waals surface area contributed by atoms with Gasteiger partial charge in [-0.1, -0.05) is 12.8 Å². The number of rotatable bonds is 4. The van der Waals surface area contributed by atoms with Crippen LogP contribution in [0.1, 0.15) is 44.7 Å². The van der Waals surface area contributed by atoms with Crippen LogP contribution >= 0.6 is 0 Å². The summed E-state index contributed by atoms with van der Waals surface area (Å²) in [5.74, 6) is 0.612. The van der Waals surface area contributed by atoms with Gasteiger partial charge >= 0.3 is 0 Å². The molecular formula is C15H20N4O. The second-order valence-electron chi connectivity index (χ2n) is 5.68. The van der Waals surface area contributed by atoms with Crippen molar-refractivity contribution in [1.29, 1.82) is 5.26 Å². The molecule has 2 atom stereocenters. The van der Waals surface area contributed by atoms with Crippen molar-refractivity contribution in [1.82, 2.24) is 9.97 Å². The number of hydrogen-bond donors (Lipinski definition) is 1. The highest BCUT2D eigenvalue weighted by Crippen LogP contribution is 2.55. The first-order valence-electron chi connectivity index (χ1n) is 7.39. The van der Waals surface area contributed by atoms with E-state index >= 15 is 0 Å². The third-order valence-corrected chi connectivity index (χ3v) is 4.80. The fourth-order valence-electron chi connectivity index (χ4n) is 3.78. The van der Waals surface area contributed by atoms with Crippen LogP contribution in [0.5, 0.6) is 0 Å². The first kappa shape index (κ1) is 13.3. The molecule has 2 aliphatic carbocycles. The van der Waals surface area contributed by atoms with Crippen LogP contribution in [0.4, 0.5) is 5.82 Å². The van der Waals surface area contributed by atoms with Gasteiger partial charge in [0.15, 0.2) is 11.5 Å². The van der Waals surface area contributed by atoms with Gasteiger partial charge < -0.3 is 10.1 Å². The highest BCUT2D eigenvalue weighted by molar-refractivity contribution is 5.48. The van der Waals surface area contributed by atoms with Gasteiger partial charge in [-0.05, 0) is 26.2 Å². The third kappa shape index (κ3) is 2.04. The molecule has 5 nitrogen and oxygen atoms in total. The Bertz CT molecular complexity index is 519. The highest BCUT2D eigenvalue weighted by atomic mass is 16.5. The molecule has 0 bridgehead atoms. The number of anilines is 1. The minimum atomic E-state index is 0.236. The fraction of sp³-hybridized carbons (Fsp3) is 0.667. The van der Waals surface area contributed by atoms with Crippen LogP contribution in [0.3, 0.4) is 0 Å². The monoisotopic (exact) mass is 272 g/mol. The van der Waals surface area contributed by atoms with E-state index in [0.717, 1.165) is 13.0 Å². The van der Waals surface area contributed by atoms with Crippen molar-refractivity contribution in [2.24, 2.45) is 5.41 Å². The molecule has 0 amide bonds. The van der Waals surface area contributed by atoms with E-state index < -0.39 is 0 Å². The molecular weight excluding hydrogens is 252 g/mol. The molecule has 106 valence electrons. The number of nitrogens with one attached hydrogen (secondary N) is 1. The predicted molar refractivity (Wildman–Crippen MR) is 75.1 cm³/mol. The van der Waals surface area contributed by atoms with Crippen LogP contribution in [0.15, 0.2) is 12.4 Å². The zero-order valence-electron chi connectivity index (χ0n) is 11.8. The third-order valence-electron chi connectivity index (χ3n) is 4.80. The summed E-state index contributed by atoms with van der Waals surface area (Å²) in [4.78, 5) is 8.32. The molecule has 0 unspecified atom stereocenters. The van der Waals surface area contributed by atoms with Crippen LogP contribution in [-0.4, -0.2) is 28.7 Å². The summed E-state index contributed by atoms with van der Waals surface area (Å²) in [6, 6.07) is 2.45. The van der Waals surface area contributed by atoms with E-state index in [1.807, 2.05) is 0 Å². The van der Waals surface area contributed by atoms with Crippen LogP contribution in [0, 0.1) is 16.7 Å². The van der Waals surface area contributed by atoms with Crippen molar-refractivity contribution >= 4 is 5.82 Å². The van der Waals surface area contributed by atoms with Gasteiger partial charge in [0.05, 0.1) is 6.10 Å². The zero-order chi connectivity index (χ0) is 14.0. The number of hydrogen-bond acceptors (Lipinski definition) is 5. The molecule has 2 fully saturated rings. The van der Waals surface area contributed by atoms with Crippen molar-refractivity contribution in [2.45, 2.75) is 51.2 Å². The van der Waals surface area contributed by atoms with E-state index in [1.165, 1.54) is 25.7 Å². The Kier molecular flexibility index (Phi) is 3.58. The minimum Gasteiger partial charge on any atom is -0.378 e. The van der Waals surface area contributed by atoms with Crippen molar-refractivity contribution in [3.63, 3.8) is 0 Å². The van der Waals surface area contributed by atoms with E-state index in [4.69, 9.17) is 10.00 Å². The lowest BCUT2D eigenvalue weighted by Crippen LogP contribution is -2.60. The van der Waals surface area contributed by atoms with Gasteiger partial charge in [-0.2, -0.15) is 5.26 Å². The maximum Gasteiger partial charge on any atom is 0.182 e. The summed E-state index contributed by atoms with van der Waals surface area (Å²) < 4.78 is 5.90. The average molecular weight is 272 g/mol. The Morgan fingerprint density at radius 2 is 2.15 bits per heavy atom. The van der Waals surface area contributed by atoms with Gasteiger partial charge in [0, 0.05) is 30.5 Å². The Hall–Kier alpha value is -1.67. The summed E-state index contributed by atoms with van der Waals surface area (Å²) in [5, 5.41) is 12.5. The van der Waals surface area contributed by atoms with Crippen LogP contribution in [-0.2, 0) is 4.74 Å². The Labute approximate surface area is 119 Å². The van der Waals surface area contributed by atoms with Gasteiger partial charge in [-0.15, -0.1) is 0 Å². The van der Waals surface area contributed by atoms with Crippen molar-refractivity contribution in [3.05, 3.63) is 18.1 Å². The summed E-state index contributed by atoms with van der Waals surface area (Å²) >= 11 is 0. The van der Waals surface area contributed by atoms with E-state index in [9.17, 15) is 0 Å². The maximum atomic E-state index is 9.10. The van der Waals surface area contributed by atoms with E-state index in [1.54, 1.807) is 12.4 Å². The van der Waals surface area contributed by atoms with Gasteiger partial charge in [-0.3, -0.25) is 0 Å². The van der Waals surface area contributed by atoms with E-state index in [0.29, 0.717) is 23.7 Å². The molecule has 1 aromatic rings. The SMILES string of the molecule is CCO[C@H]1C[C@H](Nc2nccnc2C#N)C12CCCC2. The molecule has 0 aromatic carbocycles. The van der Waals surface area contributed by atoms with Gasteiger partial charge in [0.2, 0.25) is 0 Å². The first-order chi connectivity index (χ1) is 9.80. The fourth-order valence-corrected chi connectivity index (χ4v) is 3.78. The second-order valence-corrected chi connectivity index (χ2v) is 5.68. The molecule has 2 saturated carbocycles. The van der Waals surface area contributed by atoms with Crippen molar-refractivity contribution in [3.8, 4) is 6.07 Å². The summed E-state index contributed by atoms with van der Waals surface area (Å²) in [5.41, 5.74) is 0.612. The highest BCUT2D eigenvalue weighted by Gasteiger charge is 2.56. The summed E-state index contributed by atoms with van der Waals surface area (Å²) in [6.45, 7) is 2.83. The molecule has 20 heavy (non-hydrogen) atoms. The molecule has 2 aliphatic rings. The summed E-state index contributed by atoms with van der Waals surface area (Å²) in [7, 11) is 0. The molecule has 1 spiro atoms. The second kappa shape index (κ2) is 5.37. The smallest absolute Gasteiger partial charge is 0.182 e. The van der Waals surface area contributed by atoms with E-state index in [-0.39, 0.29) is 5.41 Å². The summed E-state index contributed by atoms with van der Waals surface area (Å²) in [6.07, 6.45) is 9.49. The topological polar surface area (TPSA) is 70.8 Å². The van der Waals surface area contributed by atoms with E-state index in [2.05, 4.69) is 28.3 Å². The van der Waals surface area contributed by atoms with Crippen LogP contribution in [0.25, 0.3) is 0 Å². The number of nitriles is 1. The van der Waals surface area contributed by atoms with Crippen molar-refractivity contribution in [2.75, 3.05) is 11.9 Å². The van der Waals surface area contributed by atoms with Gasteiger partial charge in [0.25, 0.3) is 0 Å². The molecule has 5 heteroatoms. The minimum absolute atomic E-state index is 0.236. The molecule has 0 saturated heterocycles. The first-order valence-corrected chi connectivity index (χ1v) is 7.39.